The topological polar surface area (TPSA) is 68.2 Å². The van der Waals surface area contributed by atoms with Crippen LogP contribution in [0.3, 0.4) is 0 Å². The van der Waals surface area contributed by atoms with E-state index in [1.807, 2.05) is 12.3 Å². The second kappa shape index (κ2) is 5.47. The molecule has 0 radical (unpaired) electrons. The molecule has 0 unspecified atom stereocenters. The van der Waals surface area contributed by atoms with Crippen LogP contribution in [0.4, 0.5) is 5.95 Å². The summed E-state index contributed by atoms with van der Waals surface area (Å²) in [5.41, 5.74) is 3.47. The van der Waals surface area contributed by atoms with Gasteiger partial charge in [0.05, 0.1) is 17.9 Å². The molecule has 1 aliphatic heterocycles. The Kier molecular flexibility index (Phi) is 3.51. The molecular weight excluding hydrogens is 268 g/mol. The highest BCUT2D eigenvalue weighted by Gasteiger charge is 2.22. The molecule has 0 aromatic carbocycles. The third-order valence-corrected chi connectivity index (χ3v) is 3.47. The number of fused-ring (bicyclic) bond motifs is 1. The first-order valence-electron chi connectivity index (χ1n) is 6.86. The summed E-state index contributed by atoms with van der Waals surface area (Å²) in [4.78, 5) is 26.7. The van der Waals surface area contributed by atoms with Crippen molar-refractivity contribution in [2.75, 3.05) is 11.5 Å². The van der Waals surface area contributed by atoms with Crippen LogP contribution >= 0.6 is 0 Å². The van der Waals surface area contributed by atoms with E-state index in [0.717, 1.165) is 13.1 Å². The highest BCUT2D eigenvalue weighted by molar-refractivity contribution is 5.90. The molecule has 0 amide bonds. The van der Waals surface area contributed by atoms with Crippen molar-refractivity contribution in [1.29, 1.82) is 0 Å². The minimum absolute atomic E-state index is 0.342. The number of rotatable bonds is 3. The zero-order chi connectivity index (χ0) is 14.8. The smallest absolute Gasteiger partial charge is 0.341 e. The van der Waals surface area contributed by atoms with E-state index in [-0.39, 0.29) is 5.97 Å². The Bertz CT molecular complexity index is 662. The Morgan fingerprint density at radius 1 is 1.33 bits per heavy atom. The van der Waals surface area contributed by atoms with Gasteiger partial charge in [0.1, 0.15) is 0 Å². The molecule has 21 heavy (non-hydrogen) atoms. The zero-order valence-corrected chi connectivity index (χ0v) is 12.0. The third kappa shape index (κ3) is 2.56. The van der Waals surface area contributed by atoms with Gasteiger partial charge in [-0.3, -0.25) is 4.98 Å². The first-order valence-corrected chi connectivity index (χ1v) is 6.86. The van der Waals surface area contributed by atoms with Crippen molar-refractivity contribution in [3.05, 3.63) is 47.0 Å². The number of aryl methyl sites for hydroxylation is 1. The van der Waals surface area contributed by atoms with Gasteiger partial charge in [-0.2, -0.15) is 0 Å². The number of pyridine rings is 1. The fourth-order valence-electron chi connectivity index (χ4n) is 2.38. The lowest BCUT2D eigenvalue weighted by molar-refractivity contribution is 0.0524. The standard InChI is InChI=1S/C15H16N4O2/c1-3-21-14(20)13-7-17-15(18-10(13)2)19-8-11-4-5-16-6-12(11)9-19/h4-7H,3,8-9H2,1-2H3. The number of aromatic nitrogens is 3. The number of hydrogen-bond acceptors (Lipinski definition) is 6. The van der Waals surface area contributed by atoms with Gasteiger partial charge in [-0.1, -0.05) is 0 Å². The van der Waals surface area contributed by atoms with E-state index in [2.05, 4.69) is 19.9 Å². The van der Waals surface area contributed by atoms with E-state index >= 15 is 0 Å². The molecule has 6 heteroatoms. The molecule has 0 aliphatic carbocycles. The Morgan fingerprint density at radius 2 is 2.14 bits per heavy atom. The predicted molar refractivity (Wildman–Crippen MR) is 76.8 cm³/mol. The highest BCUT2D eigenvalue weighted by atomic mass is 16.5. The van der Waals surface area contributed by atoms with Gasteiger partial charge in [0.25, 0.3) is 0 Å². The summed E-state index contributed by atoms with van der Waals surface area (Å²) in [6, 6.07) is 2.01. The molecule has 2 aromatic heterocycles. The van der Waals surface area contributed by atoms with Crippen LogP contribution in [0, 0.1) is 6.92 Å². The molecule has 0 saturated heterocycles. The molecule has 1 aliphatic rings. The van der Waals surface area contributed by atoms with Gasteiger partial charge in [-0.25, -0.2) is 14.8 Å². The van der Waals surface area contributed by atoms with E-state index in [1.165, 1.54) is 17.3 Å². The maximum Gasteiger partial charge on any atom is 0.341 e. The number of hydrogen-bond donors (Lipinski definition) is 0. The monoisotopic (exact) mass is 284 g/mol. The zero-order valence-electron chi connectivity index (χ0n) is 12.0. The summed E-state index contributed by atoms with van der Waals surface area (Å²) >= 11 is 0. The van der Waals surface area contributed by atoms with Crippen molar-refractivity contribution < 1.29 is 9.53 Å². The third-order valence-electron chi connectivity index (χ3n) is 3.47. The van der Waals surface area contributed by atoms with E-state index in [0.29, 0.717) is 23.8 Å². The fourth-order valence-corrected chi connectivity index (χ4v) is 2.38. The van der Waals surface area contributed by atoms with Gasteiger partial charge in [0.15, 0.2) is 0 Å². The minimum Gasteiger partial charge on any atom is -0.462 e. The second-order valence-electron chi connectivity index (χ2n) is 4.89. The van der Waals surface area contributed by atoms with E-state index in [4.69, 9.17) is 4.74 Å². The number of ether oxygens (including phenoxy) is 1. The van der Waals surface area contributed by atoms with Crippen LogP contribution in [0.2, 0.25) is 0 Å². The molecule has 6 nitrogen and oxygen atoms in total. The van der Waals surface area contributed by atoms with Crippen molar-refractivity contribution in [2.45, 2.75) is 26.9 Å². The molecule has 0 N–H and O–H groups in total. The molecule has 0 spiro atoms. The molecule has 0 fully saturated rings. The van der Waals surface area contributed by atoms with E-state index in [9.17, 15) is 4.79 Å². The van der Waals surface area contributed by atoms with Crippen LogP contribution in [-0.2, 0) is 17.8 Å². The maximum atomic E-state index is 11.8. The van der Waals surface area contributed by atoms with Crippen molar-refractivity contribution >= 4 is 11.9 Å². The van der Waals surface area contributed by atoms with Crippen molar-refractivity contribution in [1.82, 2.24) is 15.0 Å². The fraction of sp³-hybridized carbons (Fsp3) is 0.333. The Morgan fingerprint density at radius 3 is 2.86 bits per heavy atom. The minimum atomic E-state index is -0.379. The van der Waals surface area contributed by atoms with Crippen LogP contribution in [0.1, 0.15) is 34.1 Å². The lowest BCUT2D eigenvalue weighted by Crippen LogP contribution is -2.19. The van der Waals surface area contributed by atoms with Gasteiger partial charge >= 0.3 is 5.97 Å². The Hall–Kier alpha value is -2.50. The summed E-state index contributed by atoms with van der Waals surface area (Å²) in [5.74, 6) is 0.243. The normalized spacial score (nSPS) is 13.1. The van der Waals surface area contributed by atoms with Crippen LogP contribution in [-0.4, -0.2) is 27.5 Å². The van der Waals surface area contributed by atoms with E-state index < -0.39 is 0 Å². The first-order chi connectivity index (χ1) is 10.2. The van der Waals surface area contributed by atoms with Gasteiger partial charge < -0.3 is 9.64 Å². The molecule has 3 heterocycles. The summed E-state index contributed by atoms with van der Waals surface area (Å²) in [7, 11) is 0. The van der Waals surface area contributed by atoms with Gasteiger partial charge in [0, 0.05) is 31.7 Å². The van der Waals surface area contributed by atoms with Crippen LogP contribution < -0.4 is 4.90 Å². The SMILES string of the molecule is CCOC(=O)c1cnc(N2Cc3ccncc3C2)nc1C. The highest BCUT2D eigenvalue weighted by Crippen LogP contribution is 2.25. The molecule has 0 saturated carbocycles. The lowest BCUT2D eigenvalue weighted by Gasteiger charge is -2.16. The Balaban J connectivity index is 1.82. The summed E-state index contributed by atoms with van der Waals surface area (Å²) < 4.78 is 4.98. The van der Waals surface area contributed by atoms with Gasteiger partial charge in [0.2, 0.25) is 5.95 Å². The maximum absolute atomic E-state index is 11.8. The first kappa shape index (κ1) is 13.5. The molecular formula is C15H16N4O2. The summed E-state index contributed by atoms with van der Waals surface area (Å²) in [5, 5.41) is 0. The summed E-state index contributed by atoms with van der Waals surface area (Å²) in [6.45, 7) is 5.41. The number of nitrogens with zero attached hydrogens (tertiary/aromatic N) is 4. The van der Waals surface area contributed by atoms with Crippen molar-refractivity contribution in [3.8, 4) is 0 Å². The largest absolute Gasteiger partial charge is 0.462 e. The average Bonchev–Trinajstić information content (AvgIpc) is 2.91. The summed E-state index contributed by atoms with van der Waals surface area (Å²) in [6.07, 6.45) is 5.20. The molecule has 0 atom stereocenters. The van der Waals surface area contributed by atoms with Crippen molar-refractivity contribution in [2.24, 2.45) is 0 Å². The van der Waals surface area contributed by atoms with E-state index in [1.54, 1.807) is 20.0 Å². The van der Waals surface area contributed by atoms with Crippen molar-refractivity contribution in [3.63, 3.8) is 0 Å². The molecule has 2 aromatic rings. The second-order valence-corrected chi connectivity index (χ2v) is 4.89. The van der Waals surface area contributed by atoms with Gasteiger partial charge in [-0.15, -0.1) is 0 Å². The van der Waals surface area contributed by atoms with Gasteiger partial charge in [-0.05, 0) is 31.0 Å². The number of anilines is 1. The molecule has 0 bridgehead atoms. The van der Waals surface area contributed by atoms with Crippen LogP contribution in [0.25, 0.3) is 0 Å². The lowest BCUT2D eigenvalue weighted by atomic mass is 10.2. The molecule has 3 rings (SSSR count). The quantitative estimate of drug-likeness (QED) is 0.802. The number of carbonyl (C=O) groups is 1. The predicted octanol–water partition coefficient (Wildman–Crippen LogP) is 1.88. The number of esters is 1. The Labute approximate surface area is 122 Å². The average molecular weight is 284 g/mol. The van der Waals surface area contributed by atoms with Crippen LogP contribution in [0.5, 0.6) is 0 Å². The van der Waals surface area contributed by atoms with Crippen LogP contribution in [0.15, 0.2) is 24.7 Å². The number of carbonyl (C=O) groups excluding carboxylic acids is 1. The molecule has 108 valence electrons.